The Morgan fingerprint density at radius 1 is 1.15 bits per heavy atom. The smallest absolute Gasteiger partial charge is 0.271 e. The van der Waals surface area contributed by atoms with Crippen LogP contribution in [0.25, 0.3) is 0 Å². The lowest BCUT2D eigenvalue weighted by Gasteiger charge is -2.03. The van der Waals surface area contributed by atoms with Gasteiger partial charge < -0.3 is 5.11 Å². The Balaban J connectivity index is 2.08. The molecule has 2 aromatic rings. The van der Waals surface area contributed by atoms with Crippen molar-refractivity contribution in [2.24, 2.45) is 5.10 Å². The number of rotatable bonds is 3. The van der Waals surface area contributed by atoms with E-state index in [1.807, 2.05) is 12.1 Å². The fourth-order valence-electron chi connectivity index (χ4n) is 1.59. The summed E-state index contributed by atoms with van der Waals surface area (Å²) in [7, 11) is 0. The predicted octanol–water partition coefficient (Wildman–Crippen LogP) is 3.20. The third kappa shape index (κ3) is 3.59. The Morgan fingerprint density at radius 3 is 2.50 bits per heavy atom. The standard InChI is InChI=1S/C15H13ClN2O2/c1-10(12-3-2-4-13(16)9-12)17-18-15(20)11-5-7-14(19)8-6-11/h2-9,19H,1H3,(H,18,20)/b17-10+. The number of amides is 1. The molecular formula is C15H13ClN2O2. The molecule has 0 unspecified atom stereocenters. The molecule has 0 heterocycles. The number of phenolic OH excluding ortho intramolecular Hbond substituents is 1. The van der Waals surface area contributed by atoms with Crippen molar-refractivity contribution in [3.05, 3.63) is 64.7 Å². The maximum Gasteiger partial charge on any atom is 0.271 e. The van der Waals surface area contributed by atoms with Gasteiger partial charge in [-0.1, -0.05) is 23.7 Å². The van der Waals surface area contributed by atoms with Crippen LogP contribution in [-0.4, -0.2) is 16.7 Å². The van der Waals surface area contributed by atoms with E-state index in [0.29, 0.717) is 16.3 Å². The molecule has 2 rings (SSSR count). The van der Waals surface area contributed by atoms with Gasteiger partial charge in [-0.05, 0) is 48.9 Å². The highest BCUT2D eigenvalue weighted by atomic mass is 35.5. The highest BCUT2D eigenvalue weighted by molar-refractivity contribution is 6.31. The molecule has 1 amide bonds. The molecule has 0 aliphatic heterocycles. The van der Waals surface area contributed by atoms with Gasteiger partial charge in [-0.25, -0.2) is 5.43 Å². The molecule has 102 valence electrons. The highest BCUT2D eigenvalue weighted by Crippen LogP contribution is 2.12. The molecule has 2 N–H and O–H groups in total. The molecule has 0 radical (unpaired) electrons. The second-order valence-electron chi connectivity index (χ2n) is 4.20. The van der Waals surface area contributed by atoms with E-state index in [1.54, 1.807) is 19.1 Å². The molecule has 0 bridgehead atoms. The Kier molecular flexibility index (Phi) is 4.38. The predicted molar refractivity (Wildman–Crippen MR) is 79.2 cm³/mol. The third-order valence-electron chi connectivity index (χ3n) is 2.70. The van der Waals surface area contributed by atoms with Crippen molar-refractivity contribution in [2.45, 2.75) is 6.92 Å². The summed E-state index contributed by atoms with van der Waals surface area (Å²) in [6.45, 7) is 1.78. The molecule has 0 atom stereocenters. The van der Waals surface area contributed by atoms with E-state index in [-0.39, 0.29) is 11.7 Å². The van der Waals surface area contributed by atoms with E-state index in [9.17, 15) is 4.79 Å². The van der Waals surface area contributed by atoms with Crippen LogP contribution in [0.2, 0.25) is 5.02 Å². The summed E-state index contributed by atoms with van der Waals surface area (Å²) >= 11 is 5.90. The zero-order chi connectivity index (χ0) is 14.5. The normalized spacial score (nSPS) is 11.2. The number of aromatic hydroxyl groups is 1. The average molecular weight is 289 g/mol. The number of hydrogen-bond acceptors (Lipinski definition) is 3. The third-order valence-corrected chi connectivity index (χ3v) is 2.93. The molecule has 0 saturated carbocycles. The van der Waals surface area contributed by atoms with Gasteiger partial charge in [0, 0.05) is 10.6 Å². The lowest BCUT2D eigenvalue weighted by Crippen LogP contribution is -2.19. The number of halogens is 1. The van der Waals surface area contributed by atoms with E-state index < -0.39 is 0 Å². The summed E-state index contributed by atoms with van der Waals surface area (Å²) in [5.41, 5.74) is 4.37. The fourth-order valence-corrected chi connectivity index (χ4v) is 1.78. The number of benzene rings is 2. The first kappa shape index (κ1) is 14.1. The Bertz CT molecular complexity index is 651. The van der Waals surface area contributed by atoms with Crippen LogP contribution in [0, 0.1) is 0 Å². The van der Waals surface area contributed by atoms with E-state index in [2.05, 4.69) is 10.5 Å². The van der Waals surface area contributed by atoms with Crippen molar-refractivity contribution in [1.82, 2.24) is 5.43 Å². The van der Waals surface area contributed by atoms with Crippen LogP contribution in [0.1, 0.15) is 22.8 Å². The number of hydrogen-bond donors (Lipinski definition) is 2. The molecule has 5 heteroatoms. The fraction of sp³-hybridized carbons (Fsp3) is 0.0667. The maximum atomic E-state index is 11.8. The van der Waals surface area contributed by atoms with Crippen molar-refractivity contribution in [3.8, 4) is 5.75 Å². The molecular weight excluding hydrogens is 276 g/mol. The van der Waals surface area contributed by atoms with Crippen LogP contribution in [-0.2, 0) is 0 Å². The molecule has 0 aliphatic carbocycles. The van der Waals surface area contributed by atoms with Crippen LogP contribution in [0.3, 0.4) is 0 Å². The van der Waals surface area contributed by atoms with E-state index in [1.165, 1.54) is 24.3 Å². The minimum Gasteiger partial charge on any atom is -0.508 e. The number of hydrazone groups is 1. The minimum absolute atomic E-state index is 0.111. The van der Waals surface area contributed by atoms with E-state index >= 15 is 0 Å². The Hall–Kier alpha value is -2.33. The number of nitrogens with zero attached hydrogens (tertiary/aromatic N) is 1. The zero-order valence-electron chi connectivity index (χ0n) is 10.8. The van der Waals surface area contributed by atoms with Crippen LogP contribution in [0.4, 0.5) is 0 Å². The van der Waals surface area contributed by atoms with Gasteiger partial charge >= 0.3 is 0 Å². The van der Waals surface area contributed by atoms with Gasteiger partial charge in [-0.15, -0.1) is 0 Å². The number of phenols is 1. The van der Waals surface area contributed by atoms with Gasteiger partial charge in [0.2, 0.25) is 0 Å². The minimum atomic E-state index is -0.341. The first-order valence-electron chi connectivity index (χ1n) is 5.96. The summed E-state index contributed by atoms with van der Waals surface area (Å²) in [5.74, 6) is -0.230. The lowest BCUT2D eigenvalue weighted by atomic mass is 10.1. The Morgan fingerprint density at radius 2 is 1.85 bits per heavy atom. The SMILES string of the molecule is C/C(=N\NC(=O)c1ccc(O)cc1)c1cccc(Cl)c1. The number of carbonyl (C=O) groups excluding carboxylic acids is 1. The van der Waals surface area contributed by atoms with Crippen LogP contribution in [0.5, 0.6) is 5.75 Å². The summed E-state index contributed by atoms with van der Waals surface area (Å²) in [5, 5.41) is 13.8. The Labute approximate surface area is 121 Å². The largest absolute Gasteiger partial charge is 0.508 e. The summed E-state index contributed by atoms with van der Waals surface area (Å²) in [6, 6.07) is 13.2. The quantitative estimate of drug-likeness (QED) is 0.673. The second-order valence-corrected chi connectivity index (χ2v) is 4.63. The van der Waals surface area contributed by atoms with Gasteiger partial charge in [0.1, 0.15) is 5.75 Å². The van der Waals surface area contributed by atoms with Crippen molar-refractivity contribution in [1.29, 1.82) is 0 Å². The van der Waals surface area contributed by atoms with E-state index in [4.69, 9.17) is 16.7 Å². The van der Waals surface area contributed by atoms with Gasteiger partial charge in [0.05, 0.1) is 5.71 Å². The maximum absolute atomic E-state index is 11.8. The van der Waals surface area contributed by atoms with E-state index in [0.717, 1.165) is 5.56 Å². The van der Waals surface area contributed by atoms with Crippen molar-refractivity contribution < 1.29 is 9.90 Å². The molecule has 0 aromatic heterocycles. The van der Waals surface area contributed by atoms with Crippen molar-refractivity contribution in [3.63, 3.8) is 0 Å². The second kappa shape index (κ2) is 6.21. The van der Waals surface area contributed by atoms with Crippen LogP contribution < -0.4 is 5.43 Å². The first-order chi connectivity index (χ1) is 9.56. The molecule has 0 fully saturated rings. The number of carbonyl (C=O) groups is 1. The van der Waals surface area contributed by atoms with Gasteiger partial charge in [0.15, 0.2) is 0 Å². The average Bonchev–Trinajstić information content (AvgIpc) is 2.45. The lowest BCUT2D eigenvalue weighted by molar-refractivity contribution is 0.0955. The first-order valence-corrected chi connectivity index (χ1v) is 6.33. The van der Waals surface area contributed by atoms with Crippen LogP contribution >= 0.6 is 11.6 Å². The van der Waals surface area contributed by atoms with Crippen LogP contribution in [0.15, 0.2) is 53.6 Å². The summed E-state index contributed by atoms with van der Waals surface area (Å²) < 4.78 is 0. The molecule has 0 spiro atoms. The summed E-state index contributed by atoms with van der Waals surface area (Å²) in [6.07, 6.45) is 0. The van der Waals surface area contributed by atoms with Crippen molar-refractivity contribution in [2.75, 3.05) is 0 Å². The summed E-state index contributed by atoms with van der Waals surface area (Å²) in [4.78, 5) is 11.8. The molecule has 0 saturated heterocycles. The van der Waals surface area contributed by atoms with Crippen molar-refractivity contribution >= 4 is 23.2 Å². The topological polar surface area (TPSA) is 61.7 Å². The molecule has 4 nitrogen and oxygen atoms in total. The van der Waals surface area contributed by atoms with Gasteiger partial charge in [-0.3, -0.25) is 4.79 Å². The monoisotopic (exact) mass is 288 g/mol. The highest BCUT2D eigenvalue weighted by Gasteiger charge is 2.05. The zero-order valence-corrected chi connectivity index (χ0v) is 11.6. The molecule has 2 aromatic carbocycles. The molecule has 0 aliphatic rings. The molecule has 20 heavy (non-hydrogen) atoms. The van der Waals surface area contributed by atoms with Gasteiger partial charge in [0.25, 0.3) is 5.91 Å². The number of nitrogens with one attached hydrogen (secondary N) is 1. The van der Waals surface area contributed by atoms with Gasteiger partial charge in [-0.2, -0.15) is 5.10 Å².